The summed E-state index contributed by atoms with van der Waals surface area (Å²) in [7, 11) is 0. The molecule has 0 unspecified atom stereocenters. The van der Waals surface area contributed by atoms with Crippen LogP contribution in [0.1, 0.15) is 350 Å². The van der Waals surface area contributed by atoms with Crippen molar-refractivity contribution in [1.29, 1.82) is 0 Å². The van der Waals surface area contributed by atoms with E-state index < -0.39 is 32.6 Å². The zero-order valence-corrected chi connectivity index (χ0v) is 74.5. The van der Waals surface area contributed by atoms with Gasteiger partial charge in [0.15, 0.2) is 34.5 Å². The van der Waals surface area contributed by atoms with Gasteiger partial charge in [-0.25, -0.2) is 0 Å². The molecular weight excluding hydrogens is 1500 g/mol. The van der Waals surface area contributed by atoms with E-state index in [2.05, 4.69) is 71.4 Å². The van der Waals surface area contributed by atoms with Crippen molar-refractivity contribution in [2.45, 2.75) is 350 Å². The number of aromatic nitrogens is 6. The molecule has 0 aliphatic heterocycles. The van der Waals surface area contributed by atoms with Crippen molar-refractivity contribution in [2.24, 2.45) is 0 Å². The molecule has 10 aromatic rings. The van der Waals surface area contributed by atoms with Crippen molar-refractivity contribution >= 4 is 65.4 Å². The van der Waals surface area contributed by atoms with Crippen LogP contribution in [0.2, 0.25) is 0 Å². The molecule has 0 saturated carbocycles. The first kappa shape index (κ1) is 98.1. The third kappa shape index (κ3) is 36.7. The van der Waals surface area contributed by atoms with Gasteiger partial charge in [0.05, 0.1) is 72.7 Å². The summed E-state index contributed by atoms with van der Waals surface area (Å²) >= 11 is 0. The van der Waals surface area contributed by atoms with E-state index in [9.17, 15) is 28.8 Å². The van der Waals surface area contributed by atoms with Gasteiger partial charge in [0.25, 0.3) is 0 Å². The predicted molar refractivity (Wildman–Crippen MR) is 503 cm³/mol. The van der Waals surface area contributed by atoms with E-state index in [-0.39, 0.29) is 32.3 Å². The predicted octanol–water partition coefficient (Wildman–Crippen LogP) is 26.9. The number of hydrogen-bond donors (Lipinski definition) is 6. The fourth-order valence-electron chi connectivity index (χ4n) is 15.0. The maximum absolute atomic E-state index is 14.5. The molecule has 0 aliphatic rings. The average Bonchev–Trinajstić information content (AvgIpc) is 0.812. The summed E-state index contributed by atoms with van der Waals surface area (Å²) in [6, 6.07) is 20.3. The molecule has 0 saturated heterocycles. The lowest BCUT2D eigenvalue weighted by Crippen LogP contribution is -2.22. The fraction of sp³-hybridized carbons (Fsp3) is 0.588. The third-order valence-electron chi connectivity index (χ3n) is 22.6. The van der Waals surface area contributed by atoms with Crippen LogP contribution in [-0.2, 0) is 0 Å². The summed E-state index contributed by atoms with van der Waals surface area (Å²) < 4.78 is 39.7. The van der Waals surface area contributed by atoms with Crippen LogP contribution in [0.3, 0.4) is 0 Å². The van der Waals surface area contributed by atoms with Crippen LogP contribution in [0, 0.1) is 0 Å². The Kier molecular flexibility index (Phi) is 49.4. The van der Waals surface area contributed by atoms with E-state index >= 15 is 0 Å². The Morgan fingerprint density at radius 2 is 0.292 bits per heavy atom. The van der Waals surface area contributed by atoms with Crippen molar-refractivity contribution in [3.63, 3.8) is 0 Å². The topological polar surface area (TPSA) is 253 Å². The minimum absolute atomic E-state index is 0.0756. The van der Waals surface area contributed by atoms with Crippen LogP contribution >= 0.6 is 0 Å². The second-order valence-electron chi connectivity index (χ2n) is 32.9. The van der Waals surface area contributed by atoms with Gasteiger partial charge in [-0.3, -0.25) is 28.8 Å². The lowest BCUT2D eigenvalue weighted by atomic mass is 10.1. The van der Waals surface area contributed by atoms with Crippen LogP contribution in [0.4, 0.5) is 0 Å². The Balaban J connectivity index is 1.47. The van der Waals surface area contributed by atoms with Crippen LogP contribution in [0.25, 0.3) is 65.4 Å². The quantitative estimate of drug-likeness (QED) is 0.0154. The molecule has 4 heterocycles. The Labute approximate surface area is 715 Å². The van der Waals surface area contributed by atoms with Gasteiger partial charge in [-0.2, -0.15) is 0 Å². The monoisotopic (exact) mass is 1650 g/mol. The number of ether oxygens (including phenoxy) is 6. The Bertz CT molecular complexity index is 4070. The minimum Gasteiger partial charge on any atom is -0.490 e. The van der Waals surface area contributed by atoms with E-state index in [1.807, 2.05) is 0 Å². The van der Waals surface area contributed by atoms with Crippen molar-refractivity contribution in [3.05, 3.63) is 171 Å². The molecule has 10 rings (SSSR count). The van der Waals surface area contributed by atoms with Crippen molar-refractivity contribution < 1.29 is 28.4 Å². The summed E-state index contributed by atoms with van der Waals surface area (Å²) in [6.45, 7) is 16.0. The van der Waals surface area contributed by atoms with E-state index in [0.29, 0.717) is 107 Å². The maximum Gasteiger partial charge on any atom is 0.235 e. The normalized spacial score (nSPS) is 11.2. The van der Waals surface area contributed by atoms with Crippen LogP contribution in [-0.4, -0.2) is 69.5 Å². The summed E-state index contributed by atoms with van der Waals surface area (Å²) in [6.07, 6.45) is 63.0. The fourth-order valence-corrected chi connectivity index (χ4v) is 15.0. The van der Waals surface area contributed by atoms with E-state index in [0.717, 1.165) is 116 Å². The second kappa shape index (κ2) is 60.4. The zero-order valence-electron chi connectivity index (χ0n) is 74.5. The van der Waals surface area contributed by atoms with E-state index in [1.54, 1.807) is 72.8 Å². The highest BCUT2D eigenvalue weighted by Crippen LogP contribution is 2.35. The number of fused-ring (bicyclic) bond motifs is 3. The number of benzene rings is 6. The average molecular weight is 1650 g/mol. The van der Waals surface area contributed by atoms with Gasteiger partial charge in [0, 0.05) is 106 Å². The molecule has 660 valence electrons. The molecule has 6 bridgehead atoms. The van der Waals surface area contributed by atoms with Gasteiger partial charge in [-0.15, -0.1) is 0 Å². The van der Waals surface area contributed by atoms with Crippen molar-refractivity contribution in [3.8, 4) is 34.5 Å². The smallest absolute Gasteiger partial charge is 0.235 e. The molecule has 0 aliphatic carbocycles. The highest BCUT2D eigenvalue weighted by molar-refractivity contribution is 5.81. The van der Waals surface area contributed by atoms with Gasteiger partial charge < -0.3 is 58.3 Å². The van der Waals surface area contributed by atoms with Gasteiger partial charge in [0.1, 0.15) is 0 Å². The molecule has 120 heavy (non-hydrogen) atoms. The number of H-pyrrole nitrogens is 6. The highest BCUT2D eigenvalue weighted by Gasteiger charge is 2.15. The molecule has 4 aromatic heterocycles. The van der Waals surface area contributed by atoms with E-state index in [4.69, 9.17) is 28.4 Å². The lowest BCUT2D eigenvalue weighted by Gasteiger charge is -2.14. The van der Waals surface area contributed by atoms with Gasteiger partial charge in [-0.1, -0.05) is 311 Å². The summed E-state index contributed by atoms with van der Waals surface area (Å²) in [5.41, 5.74) is -2.01. The number of hydrogen-bond acceptors (Lipinski definition) is 12. The summed E-state index contributed by atoms with van der Waals surface area (Å²) in [5, 5.41) is 0.454. The number of nitrogens with one attached hydrogen (secondary N) is 6. The molecule has 0 spiro atoms. The largest absolute Gasteiger partial charge is 0.490 e. The van der Waals surface area contributed by atoms with Gasteiger partial charge in [0.2, 0.25) is 32.6 Å². The minimum atomic E-state index is -0.770. The zero-order chi connectivity index (χ0) is 85.3. The van der Waals surface area contributed by atoms with E-state index in [1.165, 1.54) is 230 Å². The standard InChI is InChI=1S/C102H150N6O12/c1-7-13-19-25-31-37-43-49-61-115-91-67-85-86(68-92(91)116-62-50-44-38-32-26-20-14-8-2)104-74-80-57-58-82(100(112)98(80)110)76-106-89-71-95(119-65-53-47-41-35-29-23-17-11-5)96(120-66-54-48-42-36-30-24-18-12-6)72-90(89)108-78-84-60-59-83(101(113)102(84)114)77-107-88-70-94(118-64-52-46-40-34-28-22-16-10-4)93(117-63-51-45-39-33-27-21-15-9-3)69-87(88)105-75-81-56-55-79(73-103-85)97(109)99(81)111/h55-60,67-78,103-108H,7-54,61-66H2,1-6H3. The molecule has 6 aromatic carbocycles. The van der Waals surface area contributed by atoms with Crippen LogP contribution < -0.4 is 61.0 Å². The molecule has 0 atom stereocenters. The third-order valence-corrected chi connectivity index (χ3v) is 22.6. The highest BCUT2D eigenvalue weighted by atomic mass is 16.5. The molecule has 18 heteroatoms. The first-order valence-corrected chi connectivity index (χ1v) is 47.3. The summed E-state index contributed by atoms with van der Waals surface area (Å²) in [5.74, 6) is 2.89. The first-order chi connectivity index (χ1) is 58.9. The number of unbranched alkanes of at least 4 members (excludes halogenated alkanes) is 42. The molecule has 18 nitrogen and oxygen atoms in total. The van der Waals surface area contributed by atoms with Gasteiger partial charge >= 0.3 is 0 Å². The van der Waals surface area contributed by atoms with Crippen LogP contribution in [0.15, 0.2) is 139 Å². The second-order valence-corrected chi connectivity index (χ2v) is 32.9. The number of rotatable bonds is 60. The molecule has 6 N–H and O–H groups in total. The molecule has 0 fully saturated rings. The first-order valence-electron chi connectivity index (χ1n) is 47.3. The van der Waals surface area contributed by atoms with Crippen molar-refractivity contribution in [2.75, 3.05) is 39.6 Å². The molecular formula is C102H150N6O12. The van der Waals surface area contributed by atoms with Crippen molar-refractivity contribution in [1.82, 2.24) is 29.9 Å². The SMILES string of the molecule is CCCCCCCCCCOc1cc2[nH]cc3ccc(c[nH]c4cc(OCCCCCCCCCC)c(OCCCCCCCCCC)cc4[nH]cc4ccc(c[nH]c5cc(OCCCCCCCCCC)c(OCCCCCCCCCC)cc5[nH]cc5ccc(c[nH]c2cc1OCCCCCCCCCC)c(=O)c5=O)c(=O)c4=O)c(=O)c3=O. The van der Waals surface area contributed by atoms with Gasteiger partial charge in [-0.05, 0) is 74.9 Å². The summed E-state index contributed by atoms with van der Waals surface area (Å²) in [4.78, 5) is 107. The lowest BCUT2D eigenvalue weighted by molar-refractivity contribution is 0.259. The Morgan fingerprint density at radius 3 is 0.417 bits per heavy atom. The Morgan fingerprint density at radius 1 is 0.175 bits per heavy atom. The Hall–Kier alpha value is -9.06. The molecule has 0 amide bonds. The number of aromatic amines is 6. The van der Waals surface area contributed by atoms with Crippen LogP contribution in [0.5, 0.6) is 34.5 Å². The maximum atomic E-state index is 14.5. The molecule has 0 radical (unpaired) electrons.